The van der Waals surface area contributed by atoms with Gasteiger partial charge in [-0.15, -0.1) is 11.3 Å². The smallest absolute Gasteiger partial charge is 0.251 e. The second-order valence-electron chi connectivity index (χ2n) is 6.04. The van der Waals surface area contributed by atoms with Gasteiger partial charge in [-0.3, -0.25) is 9.59 Å². The molecule has 6 heteroatoms. The van der Waals surface area contributed by atoms with Crippen molar-refractivity contribution in [2.45, 2.75) is 38.5 Å². The molecule has 1 heterocycles. The Balaban J connectivity index is 2.00. The van der Waals surface area contributed by atoms with Gasteiger partial charge in [-0.25, -0.2) is 0 Å². The molecule has 1 fully saturated rings. The Morgan fingerprint density at radius 3 is 2.71 bits per heavy atom. The minimum atomic E-state index is -0.940. The van der Waals surface area contributed by atoms with E-state index in [9.17, 15) is 14.9 Å². The molecule has 21 heavy (non-hydrogen) atoms. The summed E-state index contributed by atoms with van der Waals surface area (Å²) < 4.78 is 0. The molecule has 0 aliphatic heterocycles. The Morgan fingerprint density at radius 1 is 1.48 bits per heavy atom. The zero-order valence-corrected chi connectivity index (χ0v) is 12.5. The van der Waals surface area contributed by atoms with Crippen molar-refractivity contribution in [3.05, 3.63) is 16.0 Å². The lowest BCUT2D eigenvalue weighted by Crippen LogP contribution is -2.37. The maximum Gasteiger partial charge on any atom is 0.251 e. The second-order valence-corrected chi connectivity index (χ2v) is 7.09. The third-order valence-corrected chi connectivity index (χ3v) is 5.86. The van der Waals surface area contributed by atoms with Gasteiger partial charge in [-0.1, -0.05) is 19.3 Å². The van der Waals surface area contributed by atoms with E-state index in [0.717, 1.165) is 24.2 Å². The summed E-state index contributed by atoms with van der Waals surface area (Å²) in [6.07, 6.45) is 5.00. The molecule has 4 N–H and O–H groups in total. The number of carbonyl (C=O) groups excluding carboxylic acids is 2. The molecular weight excluding hydrogens is 286 g/mol. The van der Waals surface area contributed by atoms with E-state index in [2.05, 4.69) is 6.07 Å². The van der Waals surface area contributed by atoms with Gasteiger partial charge in [0.15, 0.2) is 5.78 Å². The second kappa shape index (κ2) is 4.85. The normalized spacial score (nSPS) is 25.0. The number of hydrogen-bond acceptors (Lipinski definition) is 5. The van der Waals surface area contributed by atoms with Crippen LogP contribution in [0.3, 0.4) is 0 Å². The van der Waals surface area contributed by atoms with E-state index in [1.807, 2.05) is 0 Å². The first kappa shape index (κ1) is 14.1. The molecule has 1 atom stereocenters. The topological polar surface area (TPSA) is 110 Å². The number of hydrogen-bond donors (Lipinski definition) is 2. The zero-order valence-electron chi connectivity index (χ0n) is 11.6. The van der Waals surface area contributed by atoms with E-state index in [1.54, 1.807) is 0 Å². The average molecular weight is 303 g/mol. The first-order valence-corrected chi connectivity index (χ1v) is 7.97. The summed E-state index contributed by atoms with van der Waals surface area (Å²) in [7, 11) is 0. The summed E-state index contributed by atoms with van der Waals surface area (Å²) >= 11 is 1.10. The maximum absolute atomic E-state index is 12.8. The highest BCUT2D eigenvalue weighted by molar-refractivity contribution is 7.18. The lowest BCUT2D eigenvalue weighted by atomic mass is 9.65. The molecular formula is C15H17N3O2S. The van der Waals surface area contributed by atoms with Crippen LogP contribution in [0.15, 0.2) is 0 Å². The Labute approximate surface area is 126 Å². The SMILES string of the molecule is N#CC1(CC2CCC2)CCc2c(sc(N)c2C(N)=O)C1=O. The largest absolute Gasteiger partial charge is 0.390 e. The summed E-state index contributed by atoms with van der Waals surface area (Å²) in [6, 6.07) is 2.27. The van der Waals surface area contributed by atoms with Gasteiger partial charge >= 0.3 is 0 Å². The number of nitrogens with zero attached hydrogens (tertiary/aromatic N) is 1. The molecule has 1 aromatic heterocycles. The third-order valence-electron chi connectivity index (χ3n) is 4.80. The van der Waals surface area contributed by atoms with Crippen molar-refractivity contribution in [1.82, 2.24) is 0 Å². The van der Waals surface area contributed by atoms with Crippen LogP contribution in [0, 0.1) is 22.7 Å². The first-order valence-electron chi connectivity index (χ1n) is 7.15. The fraction of sp³-hybridized carbons (Fsp3) is 0.533. The summed E-state index contributed by atoms with van der Waals surface area (Å²) in [5.74, 6) is -0.285. The van der Waals surface area contributed by atoms with Gasteiger partial charge in [-0.05, 0) is 30.7 Å². The highest BCUT2D eigenvalue weighted by Crippen LogP contribution is 2.48. The summed E-state index contributed by atoms with van der Waals surface area (Å²) in [4.78, 5) is 24.8. The summed E-state index contributed by atoms with van der Waals surface area (Å²) in [6.45, 7) is 0. The monoisotopic (exact) mass is 303 g/mol. The first-order chi connectivity index (χ1) is 9.98. The minimum Gasteiger partial charge on any atom is -0.390 e. The Bertz CT molecular complexity index is 669. The van der Waals surface area contributed by atoms with Gasteiger partial charge in [0, 0.05) is 0 Å². The summed E-state index contributed by atoms with van der Waals surface area (Å²) in [5.41, 5.74) is 11.2. The van der Waals surface area contributed by atoms with Crippen molar-refractivity contribution in [3.63, 3.8) is 0 Å². The Kier molecular flexibility index (Phi) is 3.25. The van der Waals surface area contributed by atoms with E-state index < -0.39 is 11.3 Å². The van der Waals surface area contributed by atoms with Crippen LogP contribution >= 0.6 is 11.3 Å². The molecule has 0 spiro atoms. The standard InChI is InChI=1S/C15H17N3O2S/c16-7-15(6-8-2-1-3-8)5-4-9-10(13(17)20)14(18)21-11(9)12(15)19/h8H,1-6,18H2,(H2,17,20). The molecule has 0 saturated heterocycles. The molecule has 1 aromatic rings. The molecule has 1 saturated carbocycles. The number of carbonyl (C=O) groups is 2. The minimum absolute atomic E-state index is 0.164. The van der Waals surface area contributed by atoms with Crippen LogP contribution in [0.25, 0.3) is 0 Å². The number of amides is 1. The van der Waals surface area contributed by atoms with Crippen LogP contribution in [0.5, 0.6) is 0 Å². The van der Waals surface area contributed by atoms with Crippen LogP contribution in [-0.4, -0.2) is 11.7 Å². The van der Waals surface area contributed by atoms with Crippen LogP contribution < -0.4 is 11.5 Å². The van der Waals surface area contributed by atoms with Crippen LogP contribution in [-0.2, 0) is 6.42 Å². The van der Waals surface area contributed by atoms with Crippen LogP contribution in [0.4, 0.5) is 5.00 Å². The number of nitrogen functional groups attached to an aromatic ring is 1. The van der Waals surface area contributed by atoms with Gasteiger partial charge in [0.2, 0.25) is 0 Å². The molecule has 0 bridgehead atoms. The summed E-state index contributed by atoms with van der Waals surface area (Å²) in [5, 5.41) is 9.89. The van der Waals surface area contributed by atoms with Gasteiger partial charge in [0.25, 0.3) is 5.91 Å². The fourth-order valence-electron chi connectivity index (χ4n) is 3.38. The van der Waals surface area contributed by atoms with Crippen molar-refractivity contribution < 1.29 is 9.59 Å². The number of Topliss-reactive ketones (excluding diaryl/α,β-unsaturated/α-hetero) is 1. The van der Waals surface area contributed by atoms with E-state index in [1.165, 1.54) is 6.42 Å². The van der Waals surface area contributed by atoms with Crippen molar-refractivity contribution >= 4 is 28.0 Å². The van der Waals surface area contributed by atoms with Gasteiger partial charge in [0.1, 0.15) is 5.41 Å². The quantitative estimate of drug-likeness (QED) is 0.892. The fourth-order valence-corrected chi connectivity index (χ4v) is 4.54. The highest BCUT2D eigenvalue weighted by Gasteiger charge is 2.47. The van der Waals surface area contributed by atoms with Crippen molar-refractivity contribution in [1.29, 1.82) is 5.26 Å². The molecule has 1 amide bonds. The number of rotatable bonds is 3. The van der Waals surface area contributed by atoms with Gasteiger partial charge < -0.3 is 11.5 Å². The highest BCUT2D eigenvalue weighted by atomic mass is 32.1. The van der Waals surface area contributed by atoms with E-state index in [-0.39, 0.29) is 11.3 Å². The molecule has 5 nitrogen and oxygen atoms in total. The third kappa shape index (κ3) is 2.04. The Hall–Kier alpha value is -1.87. The lowest BCUT2D eigenvalue weighted by Gasteiger charge is -2.36. The lowest BCUT2D eigenvalue weighted by molar-refractivity contribution is 0.0773. The zero-order chi connectivity index (χ0) is 15.2. The number of nitriles is 1. The Morgan fingerprint density at radius 2 is 2.19 bits per heavy atom. The average Bonchev–Trinajstić information content (AvgIpc) is 2.74. The molecule has 2 aliphatic carbocycles. The molecule has 3 rings (SSSR count). The molecule has 110 valence electrons. The number of ketones is 1. The molecule has 1 unspecified atom stereocenters. The van der Waals surface area contributed by atoms with Crippen molar-refractivity contribution in [3.8, 4) is 6.07 Å². The number of primary amides is 1. The number of anilines is 1. The maximum atomic E-state index is 12.8. The predicted octanol–water partition coefficient (Wildman–Crippen LogP) is 2.26. The number of nitrogens with two attached hydrogens (primary N) is 2. The van der Waals surface area contributed by atoms with E-state index in [4.69, 9.17) is 11.5 Å². The number of thiophene rings is 1. The van der Waals surface area contributed by atoms with E-state index in [0.29, 0.717) is 40.6 Å². The molecule has 0 aromatic carbocycles. The van der Waals surface area contributed by atoms with Gasteiger partial charge in [0.05, 0.1) is 21.5 Å². The number of fused-ring (bicyclic) bond motifs is 1. The van der Waals surface area contributed by atoms with Gasteiger partial charge in [-0.2, -0.15) is 5.26 Å². The predicted molar refractivity (Wildman–Crippen MR) is 79.9 cm³/mol. The van der Waals surface area contributed by atoms with Crippen LogP contribution in [0.1, 0.15) is 57.7 Å². The van der Waals surface area contributed by atoms with Crippen molar-refractivity contribution in [2.75, 3.05) is 5.73 Å². The van der Waals surface area contributed by atoms with Crippen LogP contribution in [0.2, 0.25) is 0 Å². The molecule has 2 aliphatic rings. The van der Waals surface area contributed by atoms with E-state index >= 15 is 0 Å². The molecule has 0 radical (unpaired) electrons. The van der Waals surface area contributed by atoms with Crippen molar-refractivity contribution in [2.24, 2.45) is 17.1 Å².